The second-order valence-electron chi connectivity index (χ2n) is 6.37. The minimum atomic E-state index is -0.520. The van der Waals surface area contributed by atoms with Crippen molar-refractivity contribution in [2.45, 2.75) is 32.6 Å². The first-order valence-corrected chi connectivity index (χ1v) is 9.31. The van der Waals surface area contributed by atoms with E-state index in [1.807, 2.05) is 0 Å². The lowest BCUT2D eigenvalue weighted by atomic mass is 10.0. The molecule has 1 aliphatic carbocycles. The van der Waals surface area contributed by atoms with Crippen LogP contribution >= 0.6 is 11.3 Å². The topological polar surface area (TPSA) is 80.5 Å². The molecule has 0 atom stereocenters. The van der Waals surface area contributed by atoms with Crippen molar-refractivity contribution in [3.8, 4) is 0 Å². The number of aromatic nitrogens is 2. The van der Waals surface area contributed by atoms with Crippen molar-refractivity contribution < 1.29 is 9.59 Å². The summed E-state index contributed by atoms with van der Waals surface area (Å²) < 4.78 is 1.58. The van der Waals surface area contributed by atoms with Crippen LogP contribution in [0, 0.1) is 0 Å². The third kappa shape index (κ3) is 2.84. The van der Waals surface area contributed by atoms with E-state index in [1.54, 1.807) is 28.7 Å². The van der Waals surface area contributed by atoms with E-state index in [2.05, 4.69) is 10.3 Å². The molecule has 0 fully saturated rings. The number of nitrogens with zero attached hydrogens (tertiary/aromatic N) is 2. The van der Waals surface area contributed by atoms with Crippen molar-refractivity contribution in [3.05, 3.63) is 62.5 Å². The summed E-state index contributed by atoms with van der Waals surface area (Å²) in [7, 11) is 0. The number of hydrogen-bond donors (Lipinski definition) is 1. The smallest absolute Gasteiger partial charge is 0.271 e. The Balaban J connectivity index is 1.71. The monoisotopic (exact) mass is 367 g/mol. The Morgan fingerprint density at radius 2 is 2.04 bits per heavy atom. The highest BCUT2D eigenvalue weighted by atomic mass is 32.1. The molecule has 26 heavy (non-hydrogen) atoms. The van der Waals surface area contributed by atoms with Crippen LogP contribution in [0.2, 0.25) is 0 Å². The van der Waals surface area contributed by atoms with Gasteiger partial charge in [0.15, 0.2) is 10.7 Å². The van der Waals surface area contributed by atoms with Crippen molar-refractivity contribution >= 4 is 33.7 Å². The maximum absolute atomic E-state index is 12.9. The predicted octanol–water partition coefficient (Wildman–Crippen LogP) is 3.09. The van der Waals surface area contributed by atoms with Gasteiger partial charge in [-0.05, 0) is 44.7 Å². The van der Waals surface area contributed by atoms with Crippen LogP contribution in [-0.4, -0.2) is 21.1 Å². The van der Waals surface area contributed by atoms with Gasteiger partial charge < -0.3 is 5.32 Å². The van der Waals surface area contributed by atoms with Crippen molar-refractivity contribution in [2.75, 3.05) is 5.32 Å². The molecule has 7 heteroatoms. The Labute approximate surface area is 153 Å². The summed E-state index contributed by atoms with van der Waals surface area (Å²) in [6.45, 7) is 1.46. The summed E-state index contributed by atoms with van der Waals surface area (Å²) in [6.07, 6.45) is 5.29. The molecule has 0 bridgehead atoms. The molecular formula is C19H17N3O3S. The fourth-order valence-corrected chi connectivity index (χ4v) is 4.41. The number of fused-ring (bicyclic) bond motifs is 3. The normalized spacial score (nSPS) is 13.4. The summed E-state index contributed by atoms with van der Waals surface area (Å²) in [4.78, 5) is 43.1. The van der Waals surface area contributed by atoms with E-state index < -0.39 is 5.91 Å². The maximum Gasteiger partial charge on any atom is 0.271 e. The Bertz CT molecular complexity index is 1100. The van der Waals surface area contributed by atoms with Gasteiger partial charge >= 0.3 is 0 Å². The Morgan fingerprint density at radius 3 is 2.85 bits per heavy atom. The number of carbonyl (C=O) groups excluding carboxylic acids is 2. The maximum atomic E-state index is 12.9. The van der Waals surface area contributed by atoms with Gasteiger partial charge in [0.05, 0.1) is 0 Å². The highest BCUT2D eigenvalue weighted by molar-refractivity contribution is 7.17. The van der Waals surface area contributed by atoms with Crippen LogP contribution in [0.15, 0.2) is 35.3 Å². The number of nitrogens with one attached hydrogen (secondary N) is 1. The van der Waals surface area contributed by atoms with Crippen LogP contribution in [0.1, 0.15) is 51.1 Å². The molecule has 0 saturated carbocycles. The standard InChI is InChI=1S/C19H17N3O3S/c1-11(23)12-5-4-6-13(9-12)21-17(24)14-10-20-19-22(18(14)25)15-7-2-3-8-16(15)26-19/h4-6,9-10H,2-3,7-8H2,1H3,(H,21,24). The first-order chi connectivity index (χ1) is 12.5. The van der Waals surface area contributed by atoms with Gasteiger partial charge in [-0.25, -0.2) is 4.98 Å². The lowest BCUT2D eigenvalue weighted by Crippen LogP contribution is -2.27. The van der Waals surface area contributed by atoms with E-state index in [9.17, 15) is 14.4 Å². The third-order valence-electron chi connectivity index (χ3n) is 4.57. The third-order valence-corrected chi connectivity index (χ3v) is 5.73. The molecule has 0 saturated heterocycles. The number of anilines is 1. The van der Waals surface area contributed by atoms with Gasteiger partial charge in [-0.2, -0.15) is 0 Å². The Hall–Kier alpha value is -2.80. The van der Waals surface area contributed by atoms with Crippen LogP contribution in [0.4, 0.5) is 5.69 Å². The highest BCUT2D eigenvalue weighted by Crippen LogP contribution is 2.28. The van der Waals surface area contributed by atoms with Crippen LogP contribution in [0.5, 0.6) is 0 Å². The molecule has 2 aromatic heterocycles. The van der Waals surface area contributed by atoms with Gasteiger partial charge in [-0.3, -0.25) is 18.8 Å². The zero-order chi connectivity index (χ0) is 18.3. The Morgan fingerprint density at radius 1 is 1.23 bits per heavy atom. The molecule has 1 N–H and O–H groups in total. The number of rotatable bonds is 3. The molecule has 0 unspecified atom stereocenters. The van der Waals surface area contributed by atoms with Gasteiger partial charge in [-0.15, -0.1) is 11.3 Å². The SMILES string of the molecule is CC(=O)c1cccc(NC(=O)c2cnc3sc4c(n3c2=O)CCCC4)c1. The van der Waals surface area contributed by atoms with E-state index in [1.165, 1.54) is 29.3 Å². The number of amides is 1. The van der Waals surface area contributed by atoms with Crippen molar-refractivity contribution in [1.82, 2.24) is 9.38 Å². The molecule has 132 valence electrons. The zero-order valence-electron chi connectivity index (χ0n) is 14.2. The van der Waals surface area contributed by atoms with E-state index in [-0.39, 0.29) is 16.9 Å². The molecule has 1 aromatic carbocycles. The van der Waals surface area contributed by atoms with Gasteiger partial charge in [0.1, 0.15) is 5.56 Å². The minimum absolute atomic E-state index is 0.00176. The number of benzene rings is 1. The van der Waals surface area contributed by atoms with Crippen molar-refractivity contribution in [1.29, 1.82) is 0 Å². The van der Waals surface area contributed by atoms with Crippen LogP contribution < -0.4 is 10.9 Å². The second kappa shape index (κ2) is 6.49. The molecule has 0 spiro atoms. The largest absolute Gasteiger partial charge is 0.322 e. The molecule has 0 radical (unpaired) electrons. The summed E-state index contributed by atoms with van der Waals surface area (Å²) in [5.74, 6) is -0.609. The molecule has 2 heterocycles. The molecular weight excluding hydrogens is 350 g/mol. The van der Waals surface area contributed by atoms with E-state index >= 15 is 0 Å². The van der Waals surface area contributed by atoms with Crippen molar-refractivity contribution in [3.63, 3.8) is 0 Å². The van der Waals surface area contributed by atoms with E-state index in [0.717, 1.165) is 31.4 Å². The number of aryl methyl sites for hydroxylation is 2. The van der Waals surface area contributed by atoms with Gasteiger partial charge in [0.2, 0.25) is 0 Å². The molecule has 4 rings (SSSR count). The number of ketones is 1. The predicted molar refractivity (Wildman–Crippen MR) is 100 cm³/mol. The van der Waals surface area contributed by atoms with Gasteiger partial charge in [0, 0.05) is 28.0 Å². The van der Waals surface area contributed by atoms with Crippen LogP contribution in [0.25, 0.3) is 4.96 Å². The summed E-state index contributed by atoms with van der Waals surface area (Å²) >= 11 is 1.53. The molecule has 1 amide bonds. The number of thiazole rings is 1. The summed E-state index contributed by atoms with van der Waals surface area (Å²) in [6, 6.07) is 6.64. The summed E-state index contributed by atoms with van der Waals surface area (Å²) in [5.41, 5.74) is 1.62. The molecule has 0 aliphatic heterocycles. The van der Waals surface area contributed by atoms with E-state index in [0.29, 0.717) is 16.2 Å². The fourth-order valence-electron chi connectivity index (χ4n) is 3.24. The zero-order valence-corrected chi connectivity index (χ0v) is 15.1. The van der Waals surface area contributed by atoms with Gasteiger partial charge in [-0.1, -0.05) is 12.1 Å². The van der Waals surface area contributed by atoms with Crippen LogP contribution in [-0.2, 0) is 12.8 Å². The van der Waals surface area contributed by atoms with Crippen molar-refractivity contribution in [2.24, 2.45) is 0 Å². The number of carbonyl (C=O) groups is 2. The Kier molecular flexibility index (Phi) is 4.16. The summed E-state index contributed by atoms with van der Waals surface area (Å²) in [5, 5.41) is 2.69. The average molecular weight is 367 g/mol. The lowest BCUT2D eigenvalue weighted by molar-refractivity contribution is 0.101. The lowest BCUT2D eigenvalue weighted by Gasteiger charge is -2.10. The van der Waals surface area contributed by atoms with E-state index in [4.69, 9.17) is 0 Å². The molecule has 1 aliphatic rings. The fraction of sp³-hybridized carbons (Fsp3) is 0.263. The first kappa shape index (κ1) is 16.7. The quantitative estimate of drug-likeness (QED) is 0.722. The first-order valence-electron chi connectivity index (χ1n) is 8.49. The van der Waals surface area contributed by atoms with Gasteiger partial charge in [0.25, 0.3) is 11.5 Å². The number of hydrogen-bond acceptors (Lipinski definition) is 5. The second-order valence-corrected chi connectivity index (χ2v) is 7.43. The molecule has 6 nitrogen and oxygen atoms in total. The highest BCUT2D eigenvalue weighted by Gasteiger charge is 2.21. The number of Topliss-reactive ketones (excluding diaryl/α,β-unsaturated/α-hetero) is 1. The molecule has 3 aromatic rings. The van der Waals surface area contributed by atoms with Crippen LogP contribution in [0.3, 0.4) is 0 Å². The minimum Gasteiger partial charge on any atom is -0.322 e. The average Bonchev–Trinajstić information content (AvgIpc) is 3.01.